The SMILES string of the molecule is O=C(Nc1ccc(N2CCCC2)c(F)c1)c1cccs1. The standard InChI is InChI=1S/C15H15FN2OS/c16-12-10-11(17-15(19)14-4-3-9-20-14)5-6-13(12)18-7-1-2-8-18/h3-6,9-10H,1-2,7-8H2,(H,17,19). The van der Waals surface area contributed by atoms with Crippen LogP contribution in [0.25, 0.3) is 0 Å². The molecule has 104 valence electrons. The van der Waals surface area contributed by atoms with E-state index >= 15 is 0 Å². The highest BCUT2D eigenvalue weighted by molar-refractivity contribution is 7.12. The number of nitrogens with zero attached hydrogens (tertiary/aromatic N) is 1. The first-order chi connectivity index (χ1) is 9.74. The monoisotopic (exact) mass is 290 g/mol. The number of carbonyl (C=O) groups is 1. The summed E-state index contributed by atoms with van der Waals surface area (Å²) in [5, 5.41) is 4.56. The topological polar surface area (TPSA) is 32.3 Å². The summed E-state index contributed by atoms with van der Waals surface area (Å²) in [4.78, 5) is 14.6. The summed E-state index contributed by atoms with van der Waals surface area (Å²) < 4.78 is 14.1. The van der Waals surface area contributed by atoms with Crippen LogP contribution in [0, 0.1) is 5.82 Å². The van der Waals surface area contributed by atoms with Crippen molar-refractivity contribution in [3.8, 4) is 0 Å². The first-order valence-corrected chi connectivity index (χ1v) is 7.51. The summed E-state index contributed by atoms with van der Waals surface area (Å²) in [5.41, 5.74) is 1.11. The van der Waals surface area contributed by atoms with Crippen LogP contribution in [-0.2, 0) is 0 Å². The largest absolute Gasteiger partial charge is 0.369 e. The van der Waals surface area contributed by atoms with Crippen molar-refractivity contribution in [3.63, 3.8) is 0 Å². The number of nitrogens with one attached hydrogen (secondary N) is 1. The summed E-state index contributed by atoms with van der Waals surface area (Å²) >= 11 is 1.36. The van der Waals surface area contributed by atoms with E-state index in [4.69, 9.17) is 0 Å². The highest BCUT2D eigenvalue weighted by atomic mass is 32.1. The molecule has 5 heteroatoms. The van der Waals surface area contributed by atoms with Gasteiger partial charge in [-0.2, -0.15) is 0 Å². The van der Waals surface area contributed by atoms with Gasteiger partial charge in [-0.05, 0) is 42.5 Å². The van der Waals surface area contributed by atoms with Gasteiger partial charge in [0, 0.05) is 18.8 Å². The molecule has 1 aliphatic heterocycles. The Bertz CT molecular complexity index is 606. The molecule has 0 spiro atoms. The molecule has 3 nitrogen and oxygen atoms in total. The van der Waals surface area contributed by atoms with Crippen LogP contribution in [-0.4, -0.2) is 19.0 Å². The molecular formula is C15H15FN2OS. The van der Waals surface area contributed by atoms with Gasteiger partial charge in [-0.3, -0.25) is 4.79 Å². The maximum absolute atomic E-state index is 14.1. The Morgan fingerprint density at radius 2 is 2.05 bits per heavy atom. The molecule has 1 saturated heterocycles. The first kappa shape index (κ1) is 13.1. The average molecular weight is 290 g/mol. The highest BCUT2D eigenvalue weighted by Crippen LogP contribution is 2.26. The lowest BCUT2D eigenvalue weighted by Crippen LogP contribution is -2.19. The molecule has 20 heavy (non-hydrogen) atoms. The van der Waals surface area contributed by atoms with E-state index in [1.807, 2.05) is 16.3 Å². The van der Waals surface area contributed by atoms with E-state index < -0.39 is 0 Å². The van der Waals surface area contributed by atoms with E-state index in [-0.39, 0.29) is 11.7 Å². The number of anilines is 2. The fourth-order valence-electron chi connectivity index (χ4n) is 2.40. The Hall–Kier alpha value is -1.88. The van der Waals surface area contributed by atoms with E-state index in [2.05, 4.69) is 5.32 Å². The lowest BCUT2D eigenvalue weighted by molar-refractivity contribution is 0.103. The minimum atomic E-state index is -0.282. The third-order valence-electron chi connectivity index (χ3n) is 3.40. The molecule has 1 fully saturated rings. The molecular weight excluding hydrogens is 275 g/mol. The maximum Gasteiger partial charge on any atom is 0.265 e. The maximum atomic E-state index is 14.1. The van der Waals surface area contributed by atoms with Gasteiger partial charge in [0.2, 0.25) is 0 Å². The third-order valence-corrected chi connectivity index (χ3v) is 4.27. The van der Waals surface area contributed by atoms with Crippen molar-refractivity contribution >= 4 is 28.6 Å². The Morgan fingerprint density at radius 3 is 2.70 bits per heavy atom. The Kier molecular flexibility index (Phi) is 3.69. The number of carbonyl (C=O) groups excluding carboxylic acids is 1. The molecule has 3 rings (SSSR count). The molecule has 2 heterocycles. The number of rotatable bonds is 3. The van der Waals surface area contributed by atoms with Gasteiger partial charge in [-0.25, -0.2) is 4.39 Å². The van der Waals surface area contributed by atoms with Crippen molar-refractivity contribution in [1.29, 1.82) is 0 Å². The van der Waals surface area contributed by atoms with E-state index in [0.29, 0.717) is 16.3 Å². The zero-order chi connectivity index (χ0) is 13.9. The molecule has 0 radical (unpaired) electrons. The quantitative estimate of drug-likeness (QED) is 0.934. The van der Waals surface area contributed by atoms with E-state index in [9.17, 15) is 9.18 Å². The van der Waals surface area contributed by atoms with Gasteiger partial charge < -0.3 is 10.2 Å². The number of amides is 1. The Balaban J connectivity index is 1.75. The smallest absolute Gasteiger partial charge is 0.265 e. The van der Waals surface area contributed by atoms with Crippen LogP contribution >= 0.6 is 11.3 Å². The molecule has 1 aliphatic rings. The zero-order valence-electron chi connectivity index (χ0n) is 10.9. The Labute approximate surface area is 121 Å². The molecule has 2 aromatic rings. The minimum Gasteiger partial charge on any atom is -0.369 e. The van der Waals surface area contributed by atoms with Gasteiger partial charge >= 0.3 is 0 Å². The zero-order valence-corrected chi connectivity index (χ0v) is 11.8. The predicted octanol–water partition coefficient (Wildman–Crippen LogP) is 3.74. The molecule has 0 aliphatic carbocycles. The van der Waals surface area contributed by atoms with Crippen molar-refractivity contribution < 1.29 is 9.18 Å². The van der Waals surface area contributed by atoms with Crippen molar-refractivity contribution in [2.75, 3.05) is 23.3 Å². The molecule has 1 amide bonds. The van der Waals surface area contributed by atoms with Gasteiger partial charge in [0.15, 0.2) is 0 Å². The number of halogens is 1. The van der Waals surface area contributed by atoms with Crippen LogP contribution in [0.5, 0.6) is 0 Å². The first-order valence-electron chi connectivity index (χ1n) is 6.63. The van der Waals surface area contributed by atoms with Crippen molar-refractivity contribution in [2.24, 2.45) is 0 Å². The van der Waals surface area contributed by atoms with Crippen molar-refractivity contribution in [3.05, 3.63) is 46.4 Å². The van der Waals surface area contributed by atoms with Crippen LogP contribution in [0.1, 0.15) is 22.5 Å². The number of hydrogen-bond acceptors (Lipinski definition) is 3. The van der Waals surface area contributed by atoms with Crippen molar-refractivity contribution in [2.45, 2.75) is 12.8 Å². The molecule has 0 atom stereocenters. The lowest BCUT2D eigenvalue weighted by atomic mass is 10.2. The molecule has 1 aromatic heterocycles. The second kappa shape index (κ2) is 5.63. The average Bonchev–Trinajstić information content (AvgIpc) is 3.12. The van der Waals surface area contributed by atoms with E-state index in [0.717, 1.165) is 25.9 Å². The third kappa shape index (κ3) is 2.67. The molecule has 1 aromatic carbocycles. The van der Waals surface area contributed by atoms with Gasteiger partial charge in [-0.1, -0.05) is 6.07 Å². The summed E-state index contributed by atoms with van der Waals surface area (Å²) in [6, 6.07) is 8.44. The molecule has 0 unspecified atom stereocenters. The predicted molar refractivity (Wildman–Crippen MR) is 80.1 cm³/mol. The summed E-state index contributed by atoms with van der Waals surface area (Å²) in [6.45, 7) is 1.80. The normalized spacial score (nSPS) is 14.6. The van der Waals surface area contributed by atoms with Crippen LogP contribution < -0.4 is 10.2 Å². The molecule has 1 N–H and O–H groups in total. The second-order valence-corrected chi connectivity index (χ2v) is 5.74. The van der Waals surface area contributed by atoms with Crippen LogP contribution in [0.15, 0.2) is 35.7 Å². The Morgan fingerprint density at radius 1 is 1.25 bits per heavy atom. The van der Waals surface area contributed by atoms with Gasteiger partial charge in [0.1, 0.15) is 5.82 Å². The number of hydrogen-bond donors (Lipinski definition) is 1. The fourth-order valence-corrected chi connectivity index (χ4v) is 3.02. The van der Waals surface area contributed by atoms with Crippen LogP contribution in [0.2, 0.25) is 0 Å². The van der Waals surface area contributed by atoms with Gasteiger partial charge in [0.25, 0.3) is 5.91 Å². The summed E-state index contributed by atoms with van der Waals surface area (Å²) in [7, 11) is 0. The van der Waals surface area contributed by atoms with Crippen LogP contribution in [0.3, 0.4) is 0 Å². The number of thiophene rings is 1. The molecule has 0 bridgehead atoms. The van der Waals surface area contributed by atoms with Crippen LogP contribution in [0.4, 0.5) is 15.8 Å². The second-order valence-electron chi connectivity index (χ2n) is 4.79. The highest BCUT2D eigenvalue weighted by Gasteiger charge is 2.16. The fraction of sp³-hybridized carbons (Fsp3) is 0.267. The summed E-state index contributed by atoms with van der Waals surface area (Å²) in [5.74, 6) is -0.482. The lowest BCUT2D eigenvalue weighted by Gasteiger charge is -2.18. The van der Waals surface area contributed by atoms with Crippen molar-refractivity contribution in [1.82, 2.24) is 0 Å². The summed E-state index contributed by atoms with van der Waals surface area (Å²) in [6.07, 6.45) is 2.21. The van der Waals surface area contributed by atoms with E-state index in [1.54, 1.807) is 18.2 Å². The molecule has 0 saturated carbocycles. The van der Waals surface area contributed by atoms with E-state index in [1.165, 1.54) is 17.4 Å². The number of benzene rings is 1. The van der Waals surface area contributed by atoms with Gasteiger partial charge in [0.05, 0.1) is 10.6 Å². The minimum absolute atomic E-state index is 0.201. The van der Waals surface area contributed by atoms with Gasteiger partial charge in [-0.15, -0.1) is 11.3 Å².